The molecule has 0 aliphatic carbocycles. The number of hydrogen-bond donors (Lipinski definition) is 1. The quantitative estimate of drug-likeness (QED) is 0.840. The van der Waals surface area contributed by atoms with Crippen molar-refractivity contribution in [1.82, 2.24) is 9.78 Å². The maximum Gasteiger partial charge on any atom is 0.231 e. The highest BCUT2D eigenvalue weighted by molar-refractivity contribution is 5.91. The lowest BCUT2D eigenvalue weighted by molar-refractivity contribution is 0.112. The second-order valence-corrected chi connectivity index (χ2v) is 4.15. The molecule has 100 valence electrons. The van der Waals surface area contributed by atoms with Crippen molar-refractivity contribution in [3.05, 3.63) is 23.8 Å². The summed E-state index contributed by atoms with van der Waals surface area (Å²) in [4.78, 5) is 11.2. The van der Waals surface area contributed by atoms with Crippen molar-refractivity contribution in [2.45, 2.75) is 6.54 Å². The largest absolute Gasteiger partial charge is 0.454 e. The smallest absolute Gasteiger partial charge is 0.231 e. The molecule has 0 fully saturated rings. The van der Waals surface area contributed by atoms with Crippen LogP contribution in [0.2, 0.25) is 0 Å². The number of rotatable bonds is 3. The van der Waals surface area contributed by atoms with Crippen molar-refractivity contribution in [3.8, 4) is 28.8 Å². The number of nitrogens with two attached hydrogens (primary N) is 1. The number of aromatic nitrogens is 2. The summed E-state index contributed by atoms with van der Waals surface area (Å²) in [5, 5.41) is 12.9. The Balaban J connectivity index is 2.12. The summed E-state index contributed by atoms with van der Waals surface area (Å²) in [5.74, 6) is 1.41. The van der Waals surface area contributed by atoms with E-state index in [0.29, 0.717) is 29.0 Å². The zero-order valence-corrected chi connectivity index (χ0v) is 10.4. The van der Waals surface area contributed by atoms with Crippen molar-refractivity contribution < 1.29 is 14.3 Å². The number of carbonyl (C=O) groups is 1. The van der Waals surface area contributed by atoms with Gasteiger partial charge in [-0.3, -0.25) is 4.79 Å². The fourth-order valence-corrected chi connectivity index (χ4v) is 2.05. The second kappa shape index (κ2) is 4.59. The molecular weight excluding hydrogens is 260 g/mol. The Bertz CT molecular complexity index is 730. The van der Waals surface area contributed by atoms with Crippen molar-refractivity contribution in [3.63, 3.8) is 0 Å². The van der Waals surface area contributed by atoms with Gasteiger partial charge in [-0.1, -0.05) is 0 Å². The molecule has 1 aliphatic heterocycles. The van der Waals surface area contributed by atoms with Crippen molar-refractivity contribution in [2.24, 2.45) is 0 Å². The van der Waals surface area contributed by atoms with Gasteiger partial charge in [0, 0.05) is 5.56 Å². The van der Waals surface area contributed by atoms with E-state index in [0.717, 1.165) is 0 Å². The molecule has 0 bridgehead atoms. The first-order valence-electron chi connectivity index (χ1n) is 5.83. The van der Waals surface area contributed by atoms with Gasteiger partial charge < -0.3 is 15.2 Å². The highest BCUT2D eigenvalue weighted by Gasteiger charge is 2.20. The van der Waals surface area contributed by atoms with E-state index in [4.69, 9.17) is 20.5 Å². The summed E-state index contributed by atoms with van der Waals surface area (Å²) in [6.45, 7) is 0.154. The minimum absolute atomic E-state index is 0.0166. The third-order valence-corrected chi connectivity index (χ3v) is 3.01. The number of nitrogen functional groups attached to an aromatic ring is 1. The molecule has 2 N–H and O–H groups in total. The van der Waals surface area contributed by atoms with Crippen LogP contribution >= 0.6 is 0 Å². The third-order valence-electron chi connectivity index (χ3n) is 3.01. The van der Waals surface area contributed by atoms with Crippen LogP contribution in [0, 0.1) is 11.3 Å². The summed E-state index contributed by atoms with van der Waals surface area (Å²) in [5.41, 5.74) is 7.18. The fraction of sp³-hybridized carbons (Fsp3) is 0.154. The van der Waals surface area contributed by atoms with Gasteiger partial charge in [-0.25, -0.2) is 4.68 Å². The van der Waals surface area contributed by atoms with Gasteiger partial charge in [-0.05, 0) is 18.2 Å². The van der Waals surface area contributed by atoms with Crippen LogP contribution in [0.15, 0.2) is 18.2 Å². The average Bonchev–Trinajstić information content (AvgIpc) is 3.03. The minimum atomic E-state index is -0.0166. The van der Waals surface area contributed by atoms with Crippen LogP contribution in [0.1, 0.15) is 10.4 Å². The number of anilines is 1. The van der Waals surface area contributed by atoms with E-state index in [1.807, 2.05) is 6.07 Å². The molecule has 1 aromatic heterocycles. The van der Waals surface area contributed by atoms with Crippen molar-refractivity contribution in [1.29, 1.82) is 5.26 Å². The molecule has 0 spiro atoms. The summed E-state index contributed by atoms with van der Waals surface area (Å²) in [6, 6.07) is 7.18. The third kappa shape index (κ3) is 1.75. The lowest BCUT2D eigenvalue weighted by Gasteiger charge is -2.00. The Hall–Kier alpha value is -3.01. The Morgan fingerprint density at radius 3 is 3.00 bits per heavy atom. The highest BCUT2D eigenvalue weighted by Crippen LogP contribution is 2.36. The molecule has 0 saturated carbocycles. The topological polar surface area (TPSA) is 103 Å². The zero-order valence-electron chi connectivity index (χ0n) is 10.4. The maximum atomic E-state index is 11.2. The van der Waals surface area contributed by atoms with Gasteiger partial charge in [0.15, 0.2) is 17.8 Å². The number of aldehydes is 1. The number of nitrogens with zero attached hydrogens (tertiary/aromatic N) is 3. The van der Waals surface area contributed by atoms with E-state index in [-0.39, 0.29) is 24.7 Å². The molecule has 1 aliphatic rings. The monoisotopic (exact) mass is 270 g/mol. The molecule has 0 atom stereocenters. The number of benzene rings is 1. The van der Waals surface area contributed by atoms with Gasteiger partial charge in [0.1, 0.15) is 18.1 Å². The molecule has 3 rings (SSSR count). The average molecular weight is 270 g/mol. The summed E-state index contributed by atoms with van der Waals surface area (Å²) < 4.78 is 11.8. The Morgan fingerprint density at radius 1 is 1.45 bits per heavy atom. The molecule has 2 heterocycles. The SMILES string of the molecule is N#CCn1nc(-c2ccc3c(c2)OCO3)c(C=O)c1N. The van der Waals surface area contributed by atoms with Gasteiger partial charge in [0.25, 0.3) is 0 Å². The predicted molar refractivity (Wildman–Crippen MR) is 69.2 cm³/mol. The number of fused-ring (bicyclic) bond motifs is 1. The van der Waals surface area contributed by atoms with E-state index in [2.05, 4.69) is 5.10 Å². The standard InChI is InChI=1S/C13H10N4O3/c14-3-4-17-13(15)9(6-18)12(16-17)8-1-2-10-11(5-8)20-7-19-10/h1-2,5-6H,4,7,15H2. The molecule has 0 saturated heterocycles. The molecular formula is C13H10N4O3. The van der Waals surface area contributed by atoms with Gasteiger partial charge in [-0.15, -0.1) is 0 Å². The zero-order chi connectivity index (χ0) is 14.1. The number of ether oxygens (including phenoxy) is 2. The van der Waals surface area contributed by atoms with Gasteiger partial charge >= 0.3 is 0 Å². The van der Waals surface area contributed by atoms with Crippen molar-refractivity contribution >= 4 is 12.1 Å². The Morgan fingerprint density at radius 2 is 2.25 bits per heavy atom. The van der Waals surface area contributed by atoms with Crippen molar-refractivity contribution in [2.75, 3.05) is 12.5 Å². The van der Waals surface area contributed by atoms with Crippen LogP contribution in [-0.2, 0) is 6.54 Å². The second-order valence-electron chi connectivity index (χ2n) is 4.15. The lowest BCUT2D eigenvalue weighted by atomic mass is 10.1. The van der Waals surface area contributed by atoms with Crippen LogP contribution in [0.3, 0.4) is 0 Å². The molecule has 7 heteroatoms. The molecule has 1 aromatic carbocycles. The molecule has 20 heavy (non-hydrogen) atoms. The summed E-state index contributed by atoms with van der Waals surface area (Å²) in [7, 11) is 0. The first-order chi connectivity index (χ1) is 9.74. The van der Waals surface area contributed by atoms with Crippen LogP contribution in [-0.4, -0.2) is 22.9 Å². The molecule has 2 aromatic rings. The van der Waals surface area contributed by atoms with Gasteiger partial charge in [0.2, 0.25) is 6.79 Å². The Labute approximate surface area is 114 Å². The van der Waals surface area contributed by atoms with E-state index in [1.165, 1.54) is 4.68 Å². The summed E-state index contributed by atoms with van der Waals surface area (Å²) in [6.07, 6.45) is 0.635. The lowest BCUT2D eigenvalue weighted by Crippen LogP contribution is -2.03. The van der Waals surface area contributed by atoms with E-state index < -0.39 is 0 Å². The first-order valence-corrected chi connectivity index (χ1v) is 5.83. The minimum Gasteiger partial charge on any atom is -0.454 e. The molecule has 0 radical (unpaired) electrons. The molecule has 0 unspecified atom stereocenters. The van der Waals surface area contributed by atoms with E-state index in [9.17, 15) is 4.79 Å². The van der Waals surface area contributed by atoms with E-state index >= 15 is 0 Å². The molecule has 7 nitrogen and oxygen atoms in total. The number of carbonyl (C=O) groups excluding carboxylic acids is 1. The van der Waals surface area contributed by atoms with Gasteiger partial charge in [0.05, 0.1) is 11.6 Å². The number of hydrogen-bond acceptors (Lipinski definition) is 6. The fourth-order valence-electron chi connectivity index (χ4n) is 2.05. The van der Waals surface area contributed by atoms with Gasteiger partial charge in [-0.2, -0.15) is 10.4 Å². The normalized spacial score (nSPS) is 12.2. The highest BCUT2D eigenvalue weighted by atomic mass is 16.7. The Kier molecular flexibility index (Phi) is 2.76. The predicted octanol–water partition coefficient (Wildman–Crippen LogP) is 1.20. The van der Waals surface area contributed by atoms with E-state index in [1.54, 1.807) is 18.2 Å². The maximum absolute atomic E-state index is 11.2. The van der Waals surface area contributed by atoms with Crippen LogP contribution < -0.4 is 15.2 Å². The van der Waals surface area contributed by atoms with Crippen LogP contribution in [0.4, 0.5) is 5.82 Å². The summed E-state index contributed by atoms with van der Waals surface area (Å²) >= 11 is 0. The number of nitriles is 1. The molecule has 0 amide bonds. The van der Waals surface area contributed by atoms with Crippen LogP contribution in [0.5, 0.6) is 11.5 Å². The first kappa shape index (κ1) is 12.0. The van der Waals surface area contributed by atoms with Crippen LogP contribution in [0.25, 0.3) is 11.3 Å².